The van der Waals surface area contributed by atoms with Crippen LogP contribution in [0, 0.1) is 0 Å². The van der Waals surface area contributed by atoms with E-state index in [1.165, 1.54) is 10.7 Å². The molecule has 2 aromatic rings. The fourth-order valence-corrected chi connectivity index (χ4v) is 2.04. The topological polar surface area (TPSA) is 80.9 Å². The first kappa shape index (κ1) is 13.7. The van der Waals surface area contributed by atoms with Gasteiger partial charge >= 0.3 is 5.97 Å². The van der Waals surface area contributed by atoms with Gasteiger partial charge in [0.1, 0.15) is 0 Å². The quantitative estimate of drug-likeness (QED) is 0.917. The number of carboxylic acid groups (broad SMARTS) is 1. The predicted molar refractivity (Wildman–Crippen MR) is 72.5 cm³/mol. The summed E-state index contributed by atoms with van der Waals surface area (Å²) >= 11 is 3.26. The highest BCUT2D eigenvalue weighted by atomic mass is 79.9. The molecule has 0 saturated heterocycles. The molecule has 0 aliphatic rings. The minimum atomic E-state index is -1.02. The van der Waals surface area contributed by atoms with Gasteiger partial charge < -0.3 is 5.11 Å². The molecule has 6 nitrogen and oxygen atoms in total. The monoisotopic (exact) mass is 324 g/mol. The lowest BCUT2D eigenvalue weighted by Crippen LogP contribution is -2.20. The first-order valence-electron chi connectivity index (χ1n) is 5.63. The number of rotatable bonds is 2. The number of tetrazole rings is 1. The molecule has 19 heavy (non-hydrogen) atoms. The Bertz CT molecular complexity index is 631. The fraction of sp³-hybridized carbons (Fsp3) is 0.333. The van der Waals surface area contributed by atoms with Gasteiger partial charge in [0, 0.05) is 9.89 Å². The Morgan fingerprint density at radius 1 is 1.37 bits per heavy atom. The Morgan fingerprint density at radius 2 is 2.05 bits per heavy atom. The molecule has 2 rings (SSSR count). The van der Waals surface area contributed by atoms with Crippen LogP contribution < -0.4 is 0 Å². The maximum absolute atomic E-state index is 11.3. The highest BCUT2D eigenvalue weighted by Crippen LogP contribution is 2.25. The predicted octanol–water partition coefficient (Wildman–Crippen LogP) is 2.42. The van der Waals surface area contributed by atoms with E-state index in [1.807, 2.05) is 20.8 Å². The second-order valence-corrected chi connectivity index (χ2v) is 6.05. The summed E-state index contributed by atoms with van der Waals surface area (Å²) in [6.07, 6.45) is 0. The van der Waals surface area contributed by atoms with Gasteiger partial charge in [-0.15, -0.1) is 5.10 Å². The van der Waals surface area contributed by atoms with Crippen LogP contribution in [0.1, 0.15) is 37.0 Å². The van der Waals surface area contributed by atoms with Gasteiger partial charge in [-0.25, -0.2) is 4.79 Å². The van der Waals surface area contributed by atoms with E-state index in [9.17, 15) is 9.90 Å². The summed E-state index contributed by atoms with van der Waals surface area (Å²) in [6.45, 7) is 5.90. The number of nitrogens with zero attached hydrogens (tertiary/aromatic N) is 4. The maximum Gasteiger partial charge on any atom is 0.337 e. The minimum Gasteiger partial charge on any atom is -0.478 e. The Hall–Kier alpha value is -1.76. The first-order valence-corrected chi connectivity index (χ1v) is 6.42. The van der Waals surface area contributed by atoms with Gasteiger partial charge in [-0.05, 0) is 28.6 Å². The molecule has 0 amide bonds. The SMILES string of the molecule is CC(C)(C)c1nnnn1-c1ccc(Br)cc1C(=O)O. The minimum absolute atomic E-state index is 0.146. The van der Waals surface area contributed by atoms with Gasteiger partial charge in [-0.3, -0.25) is 0 Å². The molecule has 0 bridgehead atoms. The average Bonchev–Trinajstić information content (AvgIpc) is 2.77. The van der Waals surface area contributed by atoms with Crippen molar-refractivity contribution in [2.45, 2.75) is 26.2 Å². The molecule has 0 spiro atoms. The van der Waals surface area contributed by atoms with Gasteiger partial charge in [-0.2, -0.15) is 4.68 Å². The van der Waals surface area contributed by atoms with Gasteiger partial charge in [0.05, 0.1) is 11.3 Å². The molecule has 0 unspecified atom stereocenters. The molecule has 1 aromatic heterocycles. The second kappa shape index (κ2) is 4.73. The van der Waals surface area contributed by atoms with Crippen LogP contribution in [0.25, 0.3) is 5.69 Å². The molecular formula is C12H13BrN4O2. The molecule has 0 aliphatic carbocycles. The number of carbonyl (C=O) groups is 1. The summed E-state index contributed by atoms with van der Waals surface area (Å²) in [5, 5.41) is 20.8. The van der Waals surface area contributed by atoms with Crippen molar-refractivity contribution in [1.82, 2.24) is 20.2 Å². The van der Waals surface area contributed by atoms with Gasteiger partial charge in [0.25, 0.3) is 0 Å². The Balaban J connectivity index is 2.67. The molecule has 1 aromatic carbocycles. The van der Waals surface area contributed by atoms with Crippen molar-refractivity contribution in [2.24, 2.45) is 0 Å². The molecule has 0 radical (unpaired) electrons. The van der Waals surface area contributed by atoms with Crippen LogP contribution in [-0.2, 0) is 5.41 Å². The van der Waals surface area contributed by atoms with Crippen molar-refractivity contribution in [2.75, 3.05) is 0 Å². The highest BCUT2D eigenvalue weighted by Gasteiger charge is 2.25. The number of halogens is 1. The Morgan fingerprint density at radius 3 is 2.63 bits per heavy atom. The van der Waals surface area contributed by atoms with Crippen LogP contribution in [0.4, 0.5) is 0 Å². The Labute approximate surface area is 118 Å². The van der Waals surface area contributed by atoms with Crippen molar-refractivity contribution in [3.8, 4) is 5.69 Å². The van der Waals surface area contributed by atoms with Crippen molar-refractivity contribution < 1.29 is 9.90 Å². The summed E-state index contributed by atoms with van der Waals surface area (Å²) in [6, 6.07) is 4.97. The van der Waals surface area contributed by atoms with Crippen molar-refractivity contribution >= 4 is 21.9 Å². The molecule has 0 saturated carbocycles. The number of hydrogen-bond acceptors (Lipinski definition) is 4. The number of benzene rings is 1. The number of carboxylic acids is 1. The molecule has 1 N–H and O–H groups in total. The third-order valence-electron chi connectivity index (χ3n) is 2.56. The van der Waals surface area contributed by atoms with E-state index in [2.05, 4.69) is 31.5 Å². The van der Waals surface area contributed by atoms with Crippen LogP contribution in [0.5, 0.6) is 0 Å². The molecule has 0 atom stereocenters. The first-order chi connectivity index (χ1) is 8.80. The van der Waals surface area contributed by atoms with Crippen molar-refractivity contribution in [1.29, 1.82) is 0 Å². The third-order valence-corrected chi connectivity index (χ3v) is 3.05. The standard InChI is InChI=1S/C12H13BrN4O2/c1-12(2,3)11-14-15-16-17(11)9-5-4-7(13)6-8(9)10(18)19/h4-6H,1-3H3,(H,18,19). The van der Waals surface area contributed by atoms with Crippen molar-refractivity contribution in [3.63, 3.8) is 0 Å². The van der Waals surface area contributed by atoms with E-state index < -0.39 is 5.97 Å². The normalized spacial score (nSPS) is 11.6. The lowest BCUT2D eigenvalue weighted by molar-refractivity contribution is 0.0696. The van der Waals surface area contributed by atoms with E-state index >= 15 is 0 Å². The second-order valence-electron chi connectivity index (χ2n) is 5.13. The third kappa shape index (κ3) is 2.65. The van der Waals surface area contributed by atoms with E-state index in [-0.39, 0.29) is 11.0 Å². The summed E-state index contributed by atoms with van der Waals surface area (Å²) in [7, 11) is 0. The van der Waals surface area contributed by atoms with E-state index in [0.717, 1.165) is 0 Å². The highest BCUT2D eigenvalue weighted by molar-refractivity contribution is 9.10. The zero-order valence-electron chi connectivity index (χ0n) is 10.8. The smallest absolute Gasteiger partial charge is 0.337 e. The number of hydrogen-bond donors (Lipinski definition) is 1. The largest absolute Gasteiger partial charge is 0.478 e. The van der Waals surface area contributed by atoms with E-state index in [1.54, 1.807) is 12.1 Å². The zero-order chi connectivity index (χ0) is 14.2. The number of aromatic carboxylic acids is 1. The van der Waals surface area contributed by atoms with Gasteiger partial charge in [0.2, 0.25) is 0 Å². The number of aromatic nitrogens is 4. The van der Waals surface area contributed by atoms with Gasteiger partial charge in [0.15, 0.2) is 5.82 Å². The molecule has 0 aliphatic heterocycles. The van der Waals surface area contributed by atoms with E-state index in [4.69, 9.17) is 0 Å². The van der Waals surface area contributed by atoms with Crippen LogP contribution in [0.15, 0.2) is 22.7 Å². The van der Waals surface area contributed by atoms with Crippen LogP contribution >= 0.6 is 15.9 Å². The average molecular weight is 325 g/mol. The fourth-order valence-electron chi connectivity index (χ4n) is 1.68. The van der Waals surface area contributed by atoms with Crippen LogP contribution in [0.2, 0.25) is 0 Å². The summed E-state index contributed by atoms with van der Waals surface area (Å²) in [4.78, 5) is 11.3. The summed E-state index contributed by atoms with van der Waals surface area (Å²) in [5.41, 5.74) is 0.310. The zero-order valence-corrected chi connectivity index (χ0v) is 12.3. The van der Waals surface area contributed by atoms with E-state index in [0.29, 0.717) is 16.0 Å². The van der Waals surface area contributed by atoms with Crippen LogP contribution in [0.3, 0.4) is 0 Å². The molecule has 100 valence electrons. The molecular weight excluding hydrogens is 312 g/mol. The van der Waals surface area contributed by atoms with Gasteiger partial charge in [-0.1, -0.05) is 36.7 Å². The summed E-state index contributed by atoms with van der Waals surface area (Å²) in [5.74, 6) is -0.413. The Kier molecular flexibility index (Phi) is 3.40. The summed E-state index contributed by atoms with van der Waals surface area (Å²) < 4.78 is 2.16. The van der Waals surface area contributed by atoms with Crippen LogP contribution in [-0.4, -0.2) is 31.3 Å². The molecule has 1 heterocycles. The molecule has 7 heteroatoms. The lowest BCUT2D eigenvalue weighted by Gasteiger charge is -2.18. The maximum atomic E-state index is 11.3. The van der Waals surface area contributed by atoms with Crippen molar-refractivity contribution in [3.05, 3.63) is 34.1 Å². The lowest BCUT2D eigenvalue weighted by atomic mass is 9.95. The molecule has 0 fully saturated rings.